The van der Waals surface area contributed by atoms with Crippen molar-refractivity contribution in [2.45, 2.75) is 51.7 Å². The van der Waals surface area contributed by atoms with Gasteiger partial charge in [-0.1, -0.05) is 32.9 Å². The average molecular weight is 285 g/mol. The first-order valence-corrected chi connectivity index (χ1v) is 7.05. The molecule has 0 amide bonds. The van der Waals surface area contributed by atoms with Gasteiger partial charge in [-0.3, -0.25) is 0 Å². The highest BCUT2D eigenvalue weighted by atomic mass is 19.4. The Labute approximate surface area is 118 Å². The van der Waals surface area contributed by atoms with E-state index in [0.29, 0.717) is 0 Å². The molecule has 1 aromatic carbocycles. The molecule has 1 N–H and O–H groups in total. The van der Waals surface area contributed by atoms with Crippen LogP contribution in [0.5, 0.6) is 0 Å². The third-order valence-electron chi connectivity index (χ3n) is 4.47. The van der Waals surface area contributed by atoms with E-state index >= 15 is 0 Å². The Balaban J connectivity index is 2.20. The summed E-state index contributed by atoms with van der Waals surface area (Å²) in [7, 11) is 0. The van der Waals surface area contributed by atoms with Gasteiger partial charge in [0.05, 0.1) is 5.56 Å². The molecule has 112 valence electrons. The number of halogens is 3. The lowest BCUT2D eigenvalue weighted by Gasteiger charge is -2.42. The summed E-state index contributed by atoms with van der Waals surface area (Å²) in [6.45, 7) is 7.55. The zero-order valence-corrected chi connectivity index (χ0v) is 12.3. The number of hydrogen-bond donors (Lipinski definition) is 1. The van der Waals surface area contributed by atoms with Crippen LogP contribution in [0.1, 0.15) is 44.7 Å². The van der Waals surface area contributed by atoms with Gasteiger partial charge in [-0.05, 0) is 48.9 Å². The second-order valence-electron chi connectivity index (χ2n) is 6.73. The average Bonchev–Trinajstić information content (AvgIpc) is 2.77. The SMILES string of the molecule is CC(C)(C)C1(Cc2ccc(C(F)(F)F)cc2)CCCN1. The molecule has 1 aliphatic heterocycles. The van der Waals surface area contributed by atoms with Crippen LogP contribution >= 0.6 is 0 Å². The highest BCUT2D eigenvalue weighted by Crippen LogP contribution is 2.40. The van der Waals surface area contributed by atoms with Crippen molar-refractivity contribution in [3.8, 4) is 0 Å². The molecule has 1 fully saturated rings. The van der Waals surface area contributed by atoms with E-state index in [0.717, 1.165) is 31.4 Å². The van der Waals surface area contributed by atoms with E-state index in [2.05, 4.69) is 26.1 Å². The molecule has 1 aromatic rings. The summed E-state index contributed by atoms with van der Waals surface area (Å²) in [5.74, 6) is 0. The van der Waals surface area contributed by atoms with Gasteiger partial charge in [0.25, 0.3) is 0 Å². The molecule has 2 rings (SSSR count). The maximum atomic E-state index is 12.6. The van der Waals surface area contributed by atoms with Gasteiger partial charge < -0.3 is 5.32 Å². The molecule has 1 nitrogen and oxygen atoms in total. The maximum Gasteiger partial charge on any atom is 0.416 e. The van der Waals surface area contributed by atoms with Crippen LogP contribution in [-0.4, -0.2) is 12.1 Å². The van der Waals surface area contributed by atoms with Gasteiger partial charge in [0.2, 0.25) is 0 Å². The number of hydrogen-bond acceptors (Lipinski definition) is 1. The first-order valence-electron chi connectivity index (χ1n) is 7.05. The molecule has 4 heteroatoms. The molecule has 1 heterocycles. The summed E-state index contributed by atoms with van der Waals surface area (Å²) >= 11 is 0. The maximum absolute atomic E-state index is 12.6. The van der Waals surface area contributed by atoms with E-state index in [1.54, 1.807) is 12.1 Å². The normalized spacial score (nSPS) is 24.1. The van der Waals surface area contributed by atoms with Crippen molar-refractivity contribution in [3.63, 3.8) is 0 Å². The standard InChI is InChI=1S/C16H22F3N/c1-14(2,3)15(9-4-10-20-15)11-12-5-7-13(8-6-12)16(17,18)19/h5-8,20H,4,9-11H2,1-3H3. The summed E-state index contributed by atoms with van der Waals surface area (Å²) in [6, 6.07) is 5.58. The lowest BCUT2D eigenvalue weighted by atomic mass is 9.69. The van der Waals surface area contributed by atoms with Crippen molar-refractivity contribution in [3.05, 3.63) is 35.4 Å². The molecule has 20 heavy (non-hydrogen) atoms. The Kier molecular flexibility index (Phi) is 3.89. The molecular formula is C16H22F3N. The van der Waals surface area contributed by atoms with Crippen LogP contribution in [0.3, 0.4) is 0 Å². The molecule has 0 aromatic heterocycles. The topological polar surface area (TPSA) is 12.0 Å². The Morgan fingerprint density at radius 2 is 1.70 bits per heavy atom. The van der Waals surface area contributed by atoms with Crippen LogP contribution in [0.4, 0.5) is 13.2 Å². The minimum absolute atomic E-state index is 0.0211. The summed E-state index contributed by atoms with van der Waals surface area (Å²) in [6.07, 6.45) is -1.30. The largest absolute Gasteiger partial charge is 0.416 e. The lowest BCUT2D eigenvalue weighted by Crippen LogP contribution is -2.52. The van der Waals surface area contributed by atoms with Gasteiger partial charge >= 0.3 is 6.18 Å². The Hall–Kier alpha value is -1.03. The van der Waals surface area contributed by atoms with Crippen LogP contribution in [0.15, 0.2) is 24.3 Å². The molecule has 0 saturated carbocycles. The summed E-state index contributed by atoms with van der Waals surface area (Å²) in [5, 5.41) is 3.58. The Bertz CT molecular complexity index is 448. The first-order chi connectivity index (χ1) is 9.14. The minimum atomic E-state index is -4.26. The van der Waals surface area contributed by atoms with Crippen LogP contribution in [0, 0.1) is 5.41 Å². The van der Waals surface area contributed by atoms with Gasteiger partial charge in [-0.15, -0.1) is 0 Å². The molecule has 1 unspecified atom stereocenters. The van der Waals surface area contributed by atoms with E-state index < -0.39 is 11.7 Å². The summed E-state index contributed by atoms with van der Waals surface area (Å²) < 4.78 is 37.7. The minimum Gasteiger partial charge on any atom is -0.310 e. The fourth-order valence-electron chi connectivity index (χ4n) is 3.02. The third kappa shape index (κ3) is 3.00. The number of nitrogens with one attached hydrogen (secondary N) is 1. The smallest absolute Gasteiger partial charge is 0.310 e. The molecule has 0 bridgehead atoms. The molecule has 0 spiro atoms. The number of alkyl halides is 3. The van der Waals surface area contributed by atoms with Gasteiger partial charge in [-0.25, -0.2) is 0 Å². The van der Waals surface area contributed by atoms with Gasteiger partial charge in [0.15, 0.2) is 0 Å². The fraction of sp³-hybridized carbons (Fsp3) is 0.625. The zero-order valence-electron chi connectivity index (χ0n) is 12.3. The van der Waals surface area contributed by atoms with E-state index in [1.165, 1.54) is 12.1 Å². The molecule has 1 atom stereocenters. The van der Waals surface area contributed by atoms with Crippen molar-refractivity contribution < 1.29 is 13.2 Å². The second kappa shape index (κ2) is 5.06. The molecule has 0 radical (unpaired) electrons. The molecular weight excluding hydrogens is 263 g/mol. The Morgan fingerprint density at radius 1 is 1.10 bits per heavy atom. The van der Waals surface area contributed by atoms with E-state index in [4.69, 9.17) is 0 Å². The predicted octanol–water partition coefficient (Wildman–Crippen LogP) is 4.42. The number of rotatable bonds is 2. The highest BCUT2D eigenvalue weighted by Gasteiger charge is 2.43. The van der Waals surface area contributed by atoms with Crippen molar-refractivity contribution >= 4 is 0 Å². The van der Waals surface area contributed by atoms with Crippen LogP contribution in [0.2, 0.25) is 0 Å². The number of benzene rings is 1. The summed E-state index contributed by atoms with van der Waals surface area (Å²) in [4.78, 5) is 0. The van der Waals surface area contributed by atoms with Crippen LogP contribution in [-0.2, 0) is 12.6 Å². The van der Waals surface area contributed by atoms with Gasteiger partial charge in [-0.2, -0.15) is 13.2 Å². The van der Waals surface area contributed by atoms with Crippen molar-refractivity contribution in [1.29, 1.82) is 0 Å². The lowest BCUT2D eigenvalue weighted by molar-refractivity contribution is -0.137. The van der Waals surface area contributed by atoms with E-state index in [9.17, 15) is 13.2 Å². The predicted molar refractivity (Wildman–Crippen MR) is 74.6 cm³/mol. The fourth-order valence-corrected chi connectivity index (χ4v) is 3.02. The second-order valence-corrected chi connectivity index (χ2v) is 6.73. The van der Waals surface area contributed by atoms with Crippen molar-refractivity contribution in [2.75, 3.05) is 6.54 Å². The van der Waals surface area contributed by atoms with Gasteiger partial charge in [0.1, 0.15) is 0 Å². The third-order valence-corrected chi connectivity index (χ3v) is 4.47. The molecule has 0 aliphatic carbocycles. The van der Waals surface area contributed by atoms with Crippen molar-refractivity contribution in [1.82, 2.24) is 5.32 Å². The molecule has 1 aliphatic rings. The quantitative estimate of drug-likeness (QED) is 0.848. The molecule has 1 saturated heterocycles. The highest BCUT2D eigenvalue weighted by molar-refractivity contribution is 5.27. The van der Waals surface area contributed by atoms with E-state index in [1.807, 2.05) is 0 Å². The zero-order chi connectivity index (χ0) is 15.0. The van der Waals surface area contributed by atoms with Crippen LogP contribution < -0.4 is 5.32 Å². The van der Waals surface area contributed by atoms with Crippen molar-refractivity contribution in [2.24, 2.45) is 5.41 Å². The van der Waals surface area contributed by atoms with Crippen LogP contribution in [0.25, 0.3) is 0 Å². The Morgan fingerprint density at radius 3 is 2.10 bits per heavy atom. The van der Waals surface area contributed by atoms with E-state index in [-0.39, 0.29) is 11.0 Å². The monoisotopic (exact) mass is 285 g/mol. The van der Waals surface area contributed by atoms with Gasteiger partial charge in [0, 0.05) is 5.54 Å². The first kappa shape index (κ1) is 15.4. The summed E-state index contributed by atoms with van der Waals surface area (Å²) in [5.41, 5.74) is 0.437.